The van der Waals surface area contributed by atoms with Crippen LogP contribution in [0.3, 0.4) is 0 Å². The maximum absolute atomic E-state index is 6.37. The van der Waals surface area contributed by atoms with E-state index in [1.165, 1.54) is 11.1 Å². The molecule has 0 radical (unpaired) electrons. The zero-order valence-electron chi connectivity index (χ0n) is 17.2. The molecule has 0 aliphatic carbocycles. The third kappa shape index (κ3) is 3.96. The first-order valence-corrected chi connectivity index (χ1v) is 11.4. The second-order valence-electron chi connectivity index (χ2n) is 7.37. The van der Waals surface area contributed by atoms with Crippen LogP contribution in [0.5, 0.6) is 0 Å². The molecule has 1 aliphatic heterocycles. The van der Waals surface area contributed by atoms with Gasteiger partial charge in [0, 0.05) is 50.4 Å². The smallest absolute Gasteiger partial charge is 0.158 e. The number of piperazine rings is 1. The SMILES string of the molecule is COCc1nc(N2CCN(c3ncccc3Cl)CC2)c2c(-c3ccccc3)csc2n1. The van der Waals surface area contributed by atoms with E-state index in [1.807, 2.05) is 18.2 Å². The van der Waals surface area contributed by atoms with Crippen LogP contribution in [0, 0.1) is 0 Å². The number of benzene rings is 1. The quantitative estimate of drug-likeness (QED) is 0.431. The summed E-state index contributed by atoms with van der Waals surface area (Å²) in [5.41, 5.74) is 2.35. The molecule has 0 bridgehead atoms. The van der Waals surface area contributed by atoms with Crippen molar-refractivity contribution in [3.05, 3.63) is 64.9 Å². The van der Waals surface area contributed by atoms with E-state index in [0.29, 0.717) is 17.5 Å². The largest absolute Gasteiger partial charge is 0.377 e. The van der Waals surface area contributed by atoms with Gasteiger partial charge < -0.3 is 14.5 Å². The van der Waals surface area contributed by atoms with Crippen molar-refractivity contribution in [2.24, 2.45) is 0 Å². The van der Waals surface area contributed by atoms with E-state index < -0.39 is 0 Å². The Morgan fingerprint density at radius 3 is 2.42 bits per heavy atom. The maximum Gasteiger partial charge on any atom is 0.158 e. The van der Waals surface area contributed by atoms with Crippen LogP contribution in [0.2, 0.25) is 5.02 Å². The van der Waals surface area contributed by atoms with Gasteiger partial charge in [-0.2, -0.15) is 0 Å². The average molecular weight is 452 g/mol. The van der Waals surface area contributed by atoms with E-state index in [4.69, 9.17) is 26.3 Å². The molecule has 4 aromatic rings. The molecule has 0 atom stereocenters. The lowest BCUT2D eigenvalue weighted by atomic mass is 10.1. The second-order valence-corrected chi connectivity index (χ2v) is 8.64. The van der Waals surface area contributed by atoms with Crippen LogP contribution in [0.4, 0.5) is 11.6 Å². The Labute approximate surface area is 190 Å². The first kappa shape index (κ1) is 20.2. The van der Waals surface area contributed by atoms with Gasteiger partial charge in [0.25, 0.3) is 0 Å². The van der Waals surface area contributed by atoms with Crippen LogP contribution in [0.1, 0.15) is 5.82 Å². The minimum Gasteiger partial charge on any atom is -0.377 e. The first-order valence-electron chi connectivity index (χ1n) is 10.2. The number of hydrogen-bond acceptors (Lipinski definition) is 7. The van der Waals surface area contributed by atoms with Gasteiger partial charge in [-0.05, 0) is 17.7 Å². The van der Waals surface area contributed by atoms with Crippen LogP contribution in [-0.4, -0.2) is 48.2 Å². The summed E-state index contributed by atoms with van der Waals surface area (Å²) in [7, 11) is 1.67. The molecule has 4 heterocycles. The monoisotopic (exact) mass is 451 g/mol. The fourth-order valence-electron chi connectivity index (χ4n) is 3.96. The second kappa shape index (κ2) is 8.78. The van der Waals surface area contributed by atoms with Crippen molar-refractivity contribution in [3.8, 4) is 11.1 Å². The minimum atomic E-state index is 0.394. The summed E-state index contributed by atoms with van der Waals surface area (Å²) in [5, 5.41) is 3.98. The summed E-state index contributed by atoms with van der Waals surface area (Å²) >= 11 is 8.02. The predicted octanol–water partition coefficient (Wildman–Crippen LogP) is 4.88. The van der Waals surface area contributed by atoms with Gasteiger partial charge in [-0.3, -0.25) is 0 Å². The summed E-state index contributed by atoms with van der Waals surface area (Å²) in [6, 6.07) is 14.2. The van der Waals surface area contributed by atoms with Crippen LogP contribution < -0.4 is 9.80 Å². The number of halogens is 1. The van der Waals surface area contributed by atoms with Crippen molar-refractivity contribution in [2.75, 3.05) is 43.1 Å². The number of thiophene rings is 1. The molecule has 1 aliphatic rings. The average Bonchev–Trinajstić information content (AvgIpc) is 3.24. The molecule has 1 aromatic carbocycles. The number of hydrogen-bond donors (Lipinski definition) is 0. The van der Waals surface area contributed by atoms with Crippen molar-refractivity contribution >= 4 is 44.8 Å². The summed E-state index contributed by atoms with van der Waals surface area (Å²) in [6.07, 6.45) is 1.79. The van der Waals surface area contributed by atoms with Gasteiger partial charge in [-0.25, -0.2) is 15.0 Å². The van der Waals surface area contributed by atoms with E-state index in [1.54, 1.807) is 24.6 Å². The van der Waals surface area contributed by atoms with Crippen molar-refractivity contribution in [1.82, 2.24) is 15.0 Å². The molecule has 158 valence electrons. The normalized spacial score (nSPS) is 14.4. The van der Waals surface area contributed by atoms with Gasteiger partial charge in [0.05, 0.1) is 10.4 Å². The van der Waals surface area contributed by atoms with Crippen molar-refractivity contribution in [2.45, 2.75) is 6.61 Å². The number of rotatable bonds is 5. The number of anilines is 2. The molecule has 3 aromatic heterocycles. The summed E-state index contributed by atoms with van der Waals surface area (Å²) < 4.78 is 5.33. The summed E-state index contributed by atoms with van der Waals surface area (Å²) in [5.74, 6) is 2.53. The van der Waals surface area contributed by atoms with Crippen LogP contribution in [0.15, 0.2) is 54.0 Å². The Hall–Kier alpha value is -2.74. The number of nitrogens with zero attached hydrogens (tertiary/aromatic N) is 5. The lowest BCUT2D eigenvalue weighted by molar-refractivity contribution is 0.178. The van der Waals surface area contributed by atoms with Gasteiger partial charge in [0.2, 0.25) is 0 Å². The Bertz CT molecular complexity index is 1190. The zero-order valence-corrected chi connectivity index (χ0v) is 18.7. The molecule has 0 unspecified atom stereocenters. The number of ether oxygens (including phenoxy) is 1. The van der Waals surface area contributed by atoms with E-state index >= 15 is 0 Å². The maximum atomic E-state index is 6.37. The molecular weight excluding hydrogens is 430 g/mol. The zero-order chi connectivity index (χ0) is 21.2. The Balaban J connectivity index is 1.51. The molecule has 0 saturated carbocycles. The first-order chi connectivity index (χ1) is 15.2. The van der Waals surface area contributed by atoms with E-state index in [-0.39, 0.29) is 0 Å². The highest BCUT2D eigenvalue weighted by Gasteiger charge is 2.25. The van der Waals surface area contributed by atoms with Gasteiger partial charge in [-0.15, -0.1) is 11.3 Å². The number of aromatic nitrogens is 3. The Morgan fingerprint density at radius 2 is 1.71 bits per heavy atom. The van der Waals surface area contributed by atoms with Gasteiger partial charge in [-0.1, -0.05) is 41.9 Å². The standard InChI is InChI=1S/C23H22ClN5OS/c1-30-14-19-26-22(20-17(15-31-23(20)27-19)16-6-3-2-4-7-16)29-12-10-28(11-13-29)21-18(24)8-5-9-25-21/h2-9,15H,10-14H2,1H3. The highest BCUT2D eigenvalue weighted by molar-refractivity contribution is 7.17. The van der Waals surface area contributed by atoms with Gasteiger partial charge >= 0.3 is 0 Å². The van der Waals surface area contributed by atoms with Crippen molar-refractivity contribution in [1.29, 1.82) is 0 Å². The van der Waals surface area contributed by atoms with Crippen molar-refractivity contribution < 1.29 is 4.74 Å². The molecule has 5 rings (SSSR count). The van der Waals surface area contributed by atoms with Crippen molar-refractivity contribution in [3.63, 3.8) is 0 Å². The van der Waals surface area contributed by atoms with E-state index in [2.05, 4.69) is 44.4 Å². The summed E-state index contributed by atoms with van der Waals surface area (Å²) in [4.78, 5) is 19.7. The fourth-order valence-corrected chi connectivity index (χ4v) is 5.16. The highest BCUT2D eigenvalue weighted by Crippen LogP contribution is 2.39. The molecule has 0 spiro atoms. The number of pyridine rings is 1. The third-order valence-electron chi connectivity index (χ3n) is 5.44. The molecule has 8 heteroatoms. The number of fused-ring (bicyclic) bond motifs is 1. The molecule has 1 saturated heterocycles. The Kier molecular flexibility index (Phi) is 5.72. The number of methoxy groups -OCH3 is 1. The van der Waals surface area contributed by atoms with Gasteiger partial charge in [0.1, 0.15) is 23.1 Å². The van der Waals surface area contributed by atoms with E-state index in [0.717, 1.165) is 48.0 Å². The molecule has 0 amide bonds. The van der Waals surface area contributed by atoms with Crippen LogP contribution >= 0.6 is 22.9 Å². The fraction of sp³-hybridized carbons (Fsp3) is 0.261. The molecule has 0 N–H and O–H groups in total. The van der Waals surface area contributed by atoms with Crippen LogP contribution in [0.25, 0.3) is 21.3 Å². The minimum absolute atomic E-state index is 0.394. The van der Waals surface area contributed by atoms with Gasteiger partial charge in [0.15, 0.2) is 5.82 Å². The highest BCUT2D eigenvalue weighted by atomic mass is 35.5. The molecule has 1 fully saturated rings. The molecule has 31 heavy (non-hydrogen) atoms. The topological polar surface area (TPSA) is 54.4 Å². The lowest BCUT2D eigenvalue weighted by Gasteiger charge is -2.36. The third-order valence-corrected chi connectivity index (χ3v) is 6.60. The predicted molar refractivity (Wildman–Crippen MR) is 127 cm³/mol. The van der Waals surface area contributed by atoms with E-state index in [9.17, 15) is 0 Å². The molecular formula is C23H22ClN5OS. The van der Waals surface area contributed by atoms with Crippen LogP contribution in [-0.2, 0) is 11.3 Å². The lowest BCUT2D eigenvalue weighted by Crippen LogP contribution is -2.47. The Morgan fingerprint density at radius 1 is 0.968 bits per heavy atom. The summed E-state index contributed by atoms with van der Waals surface area (Å²) in [6.45, 7) is 3.70. The molecule has 6 nitrogen and oxygen atoms in total.